The Hall–Kier alpha value is -2.54. The van der Waals surface area contributed by atoms with E-state index in [2.05, 4.69) is 11.9 Å². The molecule has 0 atom stereocenters. The maximum atomic E-state index is 13.4. The van der Waals surface area contributed by atoms with Crippen LogP contribution in [0, 0.1) is 19.8 Å². The van der Waals surface area contributed by atoms with Gasteiger partial charge < -0.3 is 14.6 Å². The molecule has 0 fully saturated rings. The average molecular weight is 391 g/mol. The summed E-state index contributed by atoms with van der Waals surface area (Å²) in [6.07, 6.45) is 1.67. The van der Waals surface area contributed by atoms with Crippen molar-refractivity contribution >= 4 is 21.6 Å². The number of sulfone groups is 1. The number of nitrogens with one attached hydrogen (secondary N) is 1. The van der Waals surface area contributed by atoms with Gasteiger partial charge >= 0.3 is 0 Å². The number of nitrogens with zero attached hydrogens (tertiary/aromatic N) is 1. The van der Waals surface area contributed by atoms with Gasteiger partial charge in [0.15, 0.2) is 0 Å². The number of ether oxygens (including phenoxy) is 1. The van der Waals surface area contributed by atoms with Crippen molar-refractivity contribution in [2.75, 3.05) is 12.4 Å². The van der Waals surface area contributed by atoms with E-state index in [1.807, 2.05) is 6.92 Å². The van der Waals surface area contributed by atoms with E-state index in [1.165, 1.54) is 19.2 Å². The molecule has 1 amide bonds. The van der Waals surface area contributed by atoms with Crippen LogP contribution >= 0.6 is 0 Å². The molecule has 1 aromatic carbocycles. The zero-order valence-electron chi connectivity index (χ0n) is 16.4. The monoisotopic (exact) mass is 390 g/mol. The fourth-order valence-electron chi connectivity index (χ4n) is 2.78. The number of hydrogen-bond acceptors (Lipinski definition) is 4. The van der Waals surface area contributed by atoms with Gasteiger partial charge in [-0.25, -0.2) is 8.42 Å². The number of carbonyl (C=O) groups excluding carboxylic acids is 1. The highest BCUT2D eigenvalue weighted by Crippen LogP contribution is 2.36. The summed E-state index contributed by atoms with van der Waals surface area (Å²) in [4.78, 5) is 12.6. The highest BCUT2D eigenvalue weighted by atomic mass is 32.2. The molecule has 0 aliphatic rings. The maximum absolute atomic E-state index is 13.4. The summed E-state index contributed by atoms with van der Waals surface area (Å²) in [7, 11) is -2.32. The van der Waals surface area contributed by atoms with Crippen LogP contribution in [-0.2, 0) is 21.2 Å². The molecule has 1 heterocycles. The Morgan fingerprint density at radius 3 is 2.33 bits per heavy atom. The molecule has 1 aromatic heterocycles. The normalized spacial score (nSPS) is 11.5. The van der Waals surface area contributed by atoms with E-state index in [0.717, 1.165) is 5.69 Å². The van der Waals surface area contributed by atoms with Gasteiger partial charge in [0.2, 0.25) is 15.7 Å². The zero-order chi connectivity index (χ0) is 20.4. The van der Waals surface area contributed by atoms with Crippen molar-refractivity contribution in [2.24, 2.45) is 5.92 Å². The quantitative estimate of drug-likeness (QED) is 0.731. The minimum atomic E-state index is -3.84. The van der Waals surface area contributed by atoms with Gasteiger partial charge in [-0.05, 0) is 43.7 Å². The number of carbonyl (C=O) groups is 1. The number of allylic oxidation sites excluding steroid dienone is 1. The molecule has 0 aliphatic carbocycles. The third-order valence-electron chi connectivity index (χ3n) is 4.49. The number of hydrogen-bond donors (Lipinski definition) is 1. The molecule has 2 aromatic rings. The first kappa shape index (κ1) is 20.8. The Balaban J connectivity index is 2.70. The predicted octanol–water partition coefficient (Wildman–Crippen LogP) is 3.73. The molecule has 1 N–H and O–H groups in total. The van der Waals surface area contributed by atoms with Gasteiger partial charge in [-0.15, -0.1) is 6.58 Å². The minimum absolute atomic E-state index is 0.112. The van der Waals surface area contributed by atoms with Gasteiger partial charge in [0.05, 0.1) is 12.0 Å². The van der Waals surface area contributed by atoms with E-state index in [4.69, 9.17) is 4.74 Å². The molecular formula is C20H26N2O4S. The van der Waals surface area contributed by atoms with Gasteiger partial charge in [0.1, 0.15) is 16.5 Å². The second-order valence-electron chi connectivity index (χ2n) is 6.61. The van der Waals surface area contributed by atoms with Gasteiger partial charge in [-0.3, -0.25) is 4.79 Å². The lowest BCUT2D eigenvalue weighted by molar-refractivity contribution is -0.118. The van der Waals surface area contributed by atoms with Gasteiger partial charge in [0.25, 0.3) is 0 Å². The van der Waals surface area contributed by atoms with Crippen LogP contribution in [0.2, 0.25) is 0 Å². The van der Waals surface area contributed by atoms with Gasteiger partial charge in [0, 0.05) is 18.2 Å². The fourth-order valence-corrected chi connectivity index (χ4v) is 4.48. The van der Waals surface area contributed by atoms with Crippen molar-refractivity contribution in [2.45, 2.75) is 44.0 Å². The van der Waals surface area contributed by atoms with E-state index >= 15 is 0 Å². The van der Waals surface area contributed by atoms with Gasteiger partial charge in [-0.1, -0.05) is 19.9 Å². The first-order chi connectivity index (χ1) is 12.6. The summed E-state index contributed by atoms with van der Waals surface area (Å²) in [5.41, 5.74) is 1.37. The van der Waals surface area contributed by atoms with Crippen LogP contribution in [0.3, 0.4) is 0 Å². The summed E-state index contributed by atoms with van der Waals surface area (Å²) in [6.45, 7) is 11.2. The largest absolute Gasteiger partial charge is 0.497 e. The number of anilines is 1. The van der Waals surface area contributed by atoms with E-state index < -0.39 is 9.84 Å². The summed E-state index contributed by atoms with van der Waals surface area (Å²) in [5.74, 6) is 0.317. The standard InChI is InChI=1S/C20H26N2O4S/c1-7-12-22-15(5)14(4)18(19(22)21-20(23)13(2)3)27(24,25)17-10-8-16(26-6)9-11-17/h7-11,13H,1,12H2,2-6H3,(H,21,23). The summed E-state index contributed by atoms with van der Waals surface area (Å²) >= 11 is 0. The van der Waals surface area contributed by atoms with Crippen LogP contribution in [0.1, 0.15) is 25.1 Å². The smallest absolute Gasteiger partial charge is 0.228 e. The van der Waals surface area contributed by atoms with Crippen molar-refractivity contribution in [3.05, 3.63) is 48.2 Å². The second kappa shape index (κ2) is 8.00. The van der Waals surface area contributed by atoms with Crippen LogP contribution in [0.25, 0.3) is 0 Å². The zero-order valence-corrected chi connectivity index (χ0v) is 17.2. The molecule has 0 bridgehead atoms. The molecule has 2 rings (SSSR count). The summed E-state index contributed by atoms with van der Waals surface area (Å²) in [5, 5.41) is 2.80. The lowest BCUT2D eigenvalue weighted by atomic mass is 10.2. The van der Waals surface area contributed by atoms with E-state index in [9.17, 15) is 13.2 Å². The third kappa shape index (κ3) is 3.93. The van der Waals surface area contributed by atoms with Crippen LogP contribution in [0.5, 0.6) is 5.75 Å². The van der Waals surface area contributed by atoms with Crippen molar-refractivity contribution in [3.8, 4) is 5.75 Å². The number of rotatable bonds is 7. The second-order valence-corrected chi connectivity index (χ2v) is 8.50. The summed E-state index contributed by atoms with van der Waals surface area (Å²) in [6, 6.07) is 6.20. The topological polar surface area (TPSA) is 77.4 Å². The third-order valence-corrected chi connectivity index (χ3v) is 6.42. The van der Waals surface area contributed by atoms with Crippen LogP contribution in [-0.4, -0.2) is 26.0 Å². The van der Waals surface area contributed by atoms with Crippen LogP contribution in [0.4, 0.5) is 5.82 Å². The Bertz CT molecular complexity index is 955. The lowest BCUT2D eigenvalue weighted by Gasteiger charge is -2.14. The molecule has 6 nitrogen and oxygen atoms in total. The number of methoxy groups -OCH3 is 1. The molecule has 0 saturated carbocycles. The number of amides is 1. The Morgan fingerprint density at radius 1 is 1.26 bits per heavy atom. The first-order valence-electron chi connectivity index (χ1n) is 8.65. The molecule has 27 heavy (non-hydrogen) atoms. The Labute approximate surface area is 160 Å². The molecule has 0 radical (unpaired) electrons. The van der Waals surface area contributed by atoms with Crippen molar-refractivity contribution < 1.29 is 17.9 Å². The molecule has 0 saturated heterocycles. The van der Waals surface area contributed by atoms with Gasteiger partial charge in [-0.2, -0.15) is 0 Å². The highest BCUT2D eigenvalue weighted by Gasteiger charge is 2.30. The van der Waals surface area contributed by atoms with E-state index in [0.29, 0.717) is 17.9 Å². The molecule has 0 spiro atoms. The Morgan fingerprint density at radius 2 is 1.85 bits per heavy atom. The SMILES string of the molecule is C=CCn1c(C)c(C)c(S(=O)(=O)c2ccc(OC)cc2)c1NC(=O)C(C)C. The van der Waals surface area contributed by atoms with E-state index in [-0.39, 0.29) is 27.4 Å². The predicted molar refractivity (Wildman–Crippen MR) is 106 cm³/mol. The average Bonchev–Trinajstić information content (AvgIpc) is 2.86. The van der Waals surface area contributed by atoms with Crippen LogP contribution in [0.15, 0.2) is 46.7 Å². The van der Waals surface area contributed by atoms with Crippen molar-refractivity contribution in [1.82, 2.24) is 4.57 Å². The highest BCUT2D eigenvalue weighted by molar-refractivity contribution is 7.91. The molecule has 7 heteroatoms. The number of benzene rings is 1. The van der Waals surface area contributed by atoms with E-state index in [1.54, 1.807) is 43.5 Å². The summed E-state index contributed by atoms with van der Waals surface area (Å²) < 4.78 is 33.6. The van der Waals surface area contributed by atoms with Crippen LogP contribution < -0.4 is 10.1 Å². The first-order valence-corrected chi connectivity index (χ1v) is 10.1. The molecule has 0 aliphatic heterocycles. The molecule has 0 unspecified atom stereocenters. The lowest BCUT2D eigenvalue weighted by Crippen LogP contribution is -2.21. The molecular weight excluding hydrogens is 364 g/mol. The number of aromatic nitrogens is 1. The fraction of sp³-hybridized carbons (Fsp3) is 0.350. The molecule has 146 valence electrons. The minimum Gasteiger partial charge on any atom is -0.497 e. The Kier molecular flexibility index (Phi) is 6.15. The maximum Gasteiger partial charge on any atom is 0.228 e. The van der Waals surface area contributed by atoms with Crippen molar-refractivity contribution in [3.63, 3.8) is 0 Å². The van der Waals surface area contributed by atoms with Crippen molar-refractivity contribution in [1.29, 1.82) is 0 Å².